The maximum Gasteiger partial charge on any atom is 0.241 e. The molecular formula is C20H20N8O. The SMILES string of the molecule is COc1ncnn2ccc(-c3cnc4nc(C)n(Cc5c(C)cnn5C)c4c3)c12. The first kappa shape index (κ1) is 17.4. The number of fused-ring (bicyclic) bond motifs is 2. The van der Waals surface area contributed by atoms with E-state index < -0.39 is 0 Å². The molecule has 5 aromatic heterocycles. The molecular weight excluding hydrogens is 368 g/mol. The number of methoxy groups -OCH3 is 1. The third-order valence-electron chi connectivity index (χ3n) is 5.30. The van der Waals surface area contributed by atoms with Crippen LogP contribution in [0.25, 0.3) is 27.8 Å². The van der Waals surface area contributed by atoms with Crippen LogP contribution < -0.4 is 4.74 Å². The summed E-state index contributed by atoms with van der Waals surface area (Å²) in [5.74, 6) is 1.43. The van der Waals surface area contributed by atoms with Crippen molar-refractivity contribution in [1.82, 2.24) is 38.9 Å². The maximum absolute atomic E-state index is 5.44. The Hall–Kier alpha value is -3.75. The summed E-state index contributed by atoms with van der Waals surface area (Å²) in [7, 11) is 3.56. The number of hydrogen-bond donors (Lipinski definition) is 0. The summed E-state index contributed by atoms with van der Waals surface area (Å²) in [5, 5.41) is 8.62. The van der Waals surface area contributed by atoms with Crippen molar-refractivity contribution in [3.8, 4) is 17.0 Å². The molecule has 29 heavy (non-hydrogen) atoms. The largest absolute Gasteiger partial charge is 0.479 e. The lowest BCUT2D eigenvalue weighted by molar-refractivity contribution is 0.399. The van der Waals surface area contributed by atoms with Gasteiger partial charge in [-0.15, -0.1) is 0 Å². The van der Waals surface area contributed by atoms with Crippen LogP contribution in [0.1, 0.15) is 17.1 Å². The number of aromatic nitrogens is 8. The highest BCUT2D eigenvalue weighted by Crippen LogP contribution is 2.31. The van der Waals surface area contributed by atoms with Gasteiger partial charge >= 0.3 is 0 Å². The topological polar surface area (TPSA) is 87.9 Å². The number of nitrogens with zero attached hydrogens (tertiary/aromatic N) is 8. The molecule has 9 nitrogen and oxygen atoms in total. The van der Waals surface area contributed by atoms with Crippen LogP contribution in [0.4, 0.5) is 0 Å². The molecule has 0 saturated heterocycles. The van der Waals surface area contributed by atoms with Crippen molar-refractivity contribution in [2.45, 2.75) is 20.4 Å². The lowest BCUT2D eigenvalue weighted by Crippen LogP contribution is -2.08. The van der Waals surface area contributed by atoms with E-state index in [2.05, 4.69) is 42.7 Å². The molecule has 146 valence electrons. The minimum absolute atomic E-state index is 0.523. The van der Waals surface area contributed by atoms with E-state index in [1.54, 1.807) is 11.6 Å². The Morgan fingerprint density at radius 1 is 1.10 bits per heavy atom. The van der Waals surface area contributed by atoms with E-state index >= 15 is 0 Å². The standard InChI is InChI=1S/C20H20N8O/c1-12-8-23-26(3)17(12)10-27-13(2)25-19-16(27)7-14(9-21-19)15-5-6-28-18(15)20(29-4)22-11-24-28/h5-9,11H,10H2,1-4H3. The number of ether oxygens (including phenoxy) is 1. The van der Waals surface area contributed by atoms with Crippen molar-refractivity contribution in [3.05, 3.63) is 54.1 Å². The van der Waals surface area contributed by atoms with Gasteiger partial charge in [-0.05, 0) is 31.5 Å². The van der Waals surface area contributed by atoms with Gasteiger partial charge in [0.05, 0.1) is 31.1 Å². The number of pyridine rings is 1. The van der Waals surface area contributed by atoms with Crippen LogP contribution in [0.3, 0.4) is 0 Å². The van der Waals surface area contributed by atoms with Crippen molar-refractivity contribution in [2.75, 3.05) is 7.11 Å². The van der Waals surface area contributed by atoms with Gasteiger partial charge < -0.3 is 9.30 Å². The molecule has 0 amide bonds. The van der Waals surface area contributed by atoms with Crippen molar-refractivity contribution in [3.63, 3.8) is 0 Å². The van der Waals surface area contributed by atoms with E-state index in [9.17, 15) is 0 Å². The lowest BCUT2D eigenvalue weighted by atomic mass is 10.1. The predicted molar refractivity (Wildman–Crippen MR) is 108 cm³/mol. The molecule has 5 aromatic rings. The van der Waals surface area contributed by atoms with Crippen LogP contribution in [0.15, 0.2) is 37.1 Å². The highest BCUT2D eigenvalue weighted by Gasteiger charge is 2.17. The van der Waals surface area contributed by atoms with Crippen molar-refractivity contribution < 1.29 is 4.74 Å². The Labute approximate surface area is 166 Å². The summed E-state index contributed by atoms with van der Waals surface area (Å²) in [6.45, 7) is 4.75. The Kier molecular flexibility index (Phi) is 3.83. The van der Waals surface area contributed by atoms with Crippen LogP contribution >= 0.6 is 0 Å². The highest BCUT2D eigenvalue weighted by molar-refractivity contribution is 5.87. The molecule has 0 aliphatic heterocycles. The zero-order valence-electron chi connectivity index (χ0n) is 16.7. The molecule has 0 atom stereocenters. The lowest BCUT2D eigenvalue weighted by Gasteiger charge is -2.09. The van der Waals surface area contributed by atoms with Crippen molar-refractivity contribution in [1.29, 1.82) is 0 Å². The van der Waals surface area contributed by atoms with Gasteiger partial charge in [-0.25, -0.2) is 14.5 Å². The molecule has 0 saturated carbocycles. The smallest absolute Gasteiger partial charge is 0.241 e. The third kappa shape index (κ3) is 2.65. The predicted octanol–water partition coefficient (Wildman–Crippen LogP) is 2.55. The van der Waals surface area contributed by atoms with Crippen molar-refractivity contribution in [2.24, 2.45) is 7.05 Å². The second-order valence-electron chi connectivity index (χ2n) is 7.00. The normalized spacial score (nSPS) is 11.6. The second kappa shape index (κ2) is 6.40. The summed E-state index contributed by atoms with van der Waals surface area (Å²) in [4.78, 5) is 13.5. The first-order valence-electron chi connectivity index (χ1n) is 9.24. The fraction of sp³-hybridized carbons (Fsp3) is 0.250. The molecule has 0 aromatic carbocycles. The number of hydrogen-bond acceptors (Lipinski definition) is 6. The molecule has 5 rings (SSSR count). The van der Waals surface area contributed by atoms with E-state index in [4.69, 9.17) is 4.74 Å². The zero-order valence-corrected chi connectivity index (χ0v) is 16.7. The van der Waals surface area contributed by atoms with Gasteiger partial charge in [0.2, 0.25) is 5.88 Å². The molecule has 0 aliphatic rings. The fourth-order valence-electron chi connectivity index (χ4n) is 3.72. The molecule has 9 heteroatoms. The highest BCUT2D eigenvalue weighted by atomic mass is 16.5. The van der Waals surface area contributed by atoms with E-state index in [1.807, 2.05) is 43.3 Å². The van der Waals surface area contributed by atoms with E-state index in [-0.39, 0.29) is 0 Å². The Morgan fingerprint density at radius 3 is 2.72 bits per heavy atom. The van der Waals surface area contributed by atoms with Crippen LogP contribution in [0.2, 0.25) is 0 Å². The molecule has 5 heterocycles. The van der Waals surface area contributed by atoms with Gasteiger partial charge in [0.25, 0.3) is 0 Å². The summed E-state index contributed by atoms with van der Waals surface area (Å²) in [5.41, 5.74) is 6.70. The van der Waals surface area contributed by atoms with Gasteiger partial charge in [-0.3, -0.25) is 4.68 Å². The molecule has 0 bridgehead atoms. The van der Waals surface area contributed by atoms with E-state index in [0.717, 1.165) is 44.9 Å². The van der Waals surface area contributed by atoms with Crippen LogP contribution in [-0.2, 0) is 13.6 Å². The van der Waals surface area contributed by atoms with Crippen molar-refractivity contribution >= 4 is 16.7 Å². The number of aryl methyl sites for hydroxylation is 3. The molecule has 0 N–H and O–H groups in total. The fourth-order valence-corrected chi connectivity index (χ4v) is 3.72. The summed E-state index contributed by atoms with van der Waals surface area (Å²) < 4.78 is 11.3. The average molecular weight is 388 g/mol. The molecule has 0 aliphatic carbocycles. The zero-order chi connectivity index (χ0) is 20.1. The molecule has 0 unspecified atom stereocenters. The van der Waals surface area contributed by atoms with Gasteiger partial charge in [0, 0.05) is 30.6 Å². The first-order valence-corrected chi connectivity index (χ1v) is 9.24. The quantitative estimate of drug-likeness (QED) is 0.470. The Balaban J connectivity index is 1.68. The summed E-state index contributed by atoms with van der Waals surface area (Å²) in [6, 6.07) is 4.10. The third-order valence-corrected chi connectivity index (χ3v) is 5.30. The van der Waals surface area contributed by atoms with E-state index in [1.165, 1.54) is 6.33 Å². The van der Waals surface area contributed by atoms with Crippen LogP contribution in [-0.4, -0.2) is 46.0 Å². The van der Waals surface area contributed by atoms with Gasteiger partial charge in [0.15, 0.2) is 5.65 Å². The monoisotopic (exact) mass is 388 g/mol. The number of imidazole rings is 1. The minimum atomic E-state index is 0.523. The minimum Gasteiger partial charge on any atom is -0.479 e. The summed E-state index contributed by atoms with van der Waals surface area (Å²) >= 11 is 0. The first-order chi connectivity index (χ1) is 14.1. The van der Waals surface area contributed by atoms with Crippen LogP contribution in [0, 0.1) is 13.8 Å². The molecule has 0 fully saturated rings. The Bertz CT molecular complexity index is 1340. The average Bonchev–Trinajstić information content (AvgIpc) is 3.39. The Morgan fingerprint density at radius 2 is 1.97 bits per heavy atom. The van der Waals surface area contributed by atoms with Gasteiger partial charge in [-0.2, -0.15) is 15.2 Å². The van der Waals surface area contributed by atoms with Crippen LogP contribution in [0.5, 0.6) is 5.88 Å². The number of rotatable bonds is 4. The molecule has 0 radical (unpaired) electrons. The summed E-state index contributed by atoms with van der Waals surface area (Å²) in [6.07, 6.45) is 7.08. The second-order valence-corrected chi connectivity index (χ2v) is 7.00. The van der Waals surface area contributed by atoms with Gasteiger partial charge in [0.1, 0.15) is 17.7 Å². The molecule has 0 spiro atoms. The van der Waals surface area contributed by atoms with Gasteiger partial charge in [-0.1, -0.05) is 0 Å². The van der Waals surface area contributed by atoms with E-state index in [0.29, 0.717) is 12.4 Å². The maximum atomic E-state index is 5.44.